The molecule has 0 unspecified atom stereocenters. The molecule has 0 saturated heterocycles. The van der Waals surface area contributed by atoms with Crippen LogP contribution < -0.4 is 0 Å². The Bertz CT molecular complexity index is 10.8. The van der Waals surface area contributed by atoms with Crippen molar-refractivity contribution in [2.45, 2.75) is 0 Å². The largest absolute Gasteiger partial charge is 2.00 e. The molecule has 0 aliphatic rings. The zero-order valence-corrected chi connectivity index (χ0v) is 17.2. The molecule has 0 bridgehead atoms. The van der Waals surface area contributed by atoms with Gasteiger partial charge in [0.2, 0.25) is 0 Å². The van der Waals surface area contributed by atoms with Gasteiger partial charge in [-0.2, -0.15) is 0 Å². The van der Waals surface area contributed by atoms with Crippen molar-refractivity contribution in [3.63, 3.8) is 0 Å². The molecule has 0 aromatic carbocycles. The smallest absolute Gasteiger partial charge is 2.00 e. The SMILES string of the molecule is [Ba+2].[Cd+2].[S-2].[S-2].[S-2].[Zn+2]. The minimum atomic E-state index is 0. The summed E-state index contributed by atoms with van der Waals surface area (Å²) in [5, 5.41) is 0. The predicted molar refractivity (Wildman–Crippen MR) is 27.8 cm³/mol. The van der Waals surface area contributed by atoms with E-state index in [2.05, 4.69) is 0 Å². The zero-order valence-electron chi connectivity index (χ0n) is 3.35. The van der Waals surface area contributed by atoms with E-state index in [1.165, 1.54) is 0 Å². The second kappa shape index (κ2) is 35.2. The molecular formula is BaCdS3Zn. The Morgan fingerprint density at radius 2 is 0.667 bits per heavy atom. The van der Waals surface area contributed by atoms with Crippen molar-refractivity contribution in [1.82, 2.24) is 0 Å². The van der Waals surface area contributed by atoms with Crippen LogP contribution in [0.15, 0.2) is 0 Å². The summed E-state index contributed by atoms with van der Waals surface area (Å²) in [5.74, 6) is 0. The van der Waals surface area contributed by atoms with Gasteiger partial charge in [-0.15, -0.1) is 0 Å². The molecule has 24 valence electrons. The fraction of sp³-hybridized carbons (Fsp3) is 0. The summed E-state index contributed by atoms with van der Waals surface area (Å²) >= 11 is 0. The van der Waals surface area contributed by atoms with Gasteiger partial charge in [0.15, 0.2) is 0 Å². The predicted octanol–water partition coefficient (Wildman–Crippen LogP) is -0.393. The first-order valence-corrected chi connectivity index (χ1v) is 0. The van der Waals surface area contributed by atoms with Crippen molar-refractivity contribution < 1.29 is 46.8 Å². The van der Waals surface area contributed by atoms with E-state index in [-0.39, 0.29) is 136 Å². The van der Waals surface area contributed by atoms with Crippen LogP contribution in [-0.2, 0) is 87.3 Å². The molecule has 0 nitrogen and oxygen atoms in total. The Morgan fingerprint density at radius 1 is 0.667 bits per heavy atom. The van der Waals surface area contributed by atoms with Crippen LogP contribution in [0.4, 0.5) is 0 Å². The van der Waals surface area contributed by atoms with Crippen LogP contribution in [0.3, 0.4) is 0 Å². The van der Waals surface area contributed by atoms with E-state index in [9.17, 15) is 0 Å². The van der Waals surface area contributed by atoms with E-state index < -0.39 is 0 Å². The van der Waals surface area contributed by atoms with Crippen LogP contribution in [0, 0.1) is 0 Å². The molecular weight excluding hydrogens is 411 g/mol. The third-order valence-electron chi connectivity index (χ3n) is 0. The first kappa shape index (κ1) is 49.2. The molecule has 0 atom stereocenters. The minimum Gasteiger partial charge on any atom is -2.00 e. The van der Waals surface area contributed by atoms with Gasteiger partial charge in [0, 0.05) is 0 Å². The number of hydrogen-bond donors (Lipinski definition) is 0. The second-order valence-corrected chi connectivity index (χ2v) is 0. The first-order valence-electron chi connectivity index (χ1n) is 0. The van der Waals surface area contributed by atoms with Crippen molar-refractivity contribution >= 4 is 89.4 Å². The van der Waals surface area contributed by atoms with Gasteiger partial charge in [-0.3, -0.25) is 0 Å². The summed E-state index contributed by atoms with van der Waals surface area (Å²) in [6, 6.07) is 0. The van der Waals surface area contributed by atoms with Crippen LogP contribution in [0.25, 0.3) is 0 Å². The van der Waals surface area contributed by atoms with Crippen molar-refractivity contribution in [3.05, 3.63) is 0 Å². The van der Waals surface area contributed by atoms with Gasteiger partial charge in [-0.1, -0.05) is 0 Å². The Morgan fingerprint density at radius 3 is 0.667 bits per heavy atom. The van der Waals surface area contributed by atoms with Crippen molar-refractivity contribution in [1.29, 1.82) is 0 Å². The molecule has 6 heavy (non-hydrogen) atoms. The average molecular weight is 411 g/mol. The first-order chi connectivity index (χ1) is 0. The van der Waals surface area contributed by atoms with E-state index >= 15 is 0 Å². The summed E-state index contributed by atoms with van der Waals surface area (Å²) in [4.78, 5) is 0. The van der Waals surface area contributed by atoms with Gasteiger partial charge < -0.3 is 40.5 Å². The van der Waals surface area contributed by atoms with Crippen LogP contribution in [0.2, 0.25) is 0 Å². The molecule has 0 fully saturated rings. The van der Waals surface area contributed by atoms with Crippen LogP contribution in [0.1, 0.15) is 0 Å². The standard InChI is InChI=1S/Ba.Cd.3S.Zn/q2*+2;3*-2;+2. The van der Waals surface area contributed by atoms with Gasteiger partial charge in [0.05, 0.1) is 0 Å². The summed E-state index contributed by atoms with van der Waals surface area (Å²) in [6.07, 6.45) is 0. The van der Waals surface area contributed by atoms with Crippen molar-refractivity contribution in [2.75, 3.05) is 0 Å². The van der Waals surface area contributed by atoms with Gasteiger partial charge in [0.25, 0.3) is 0 Å². The molecule has 0 radical (unpaired) electrons. The Balaban J connectivity index is 0. The van der Waals surface area contributed by atoms with Gasteiger partial charge in [-0.05, 0) is 0 Å². The Labute approximate surface area is 133 Å². The summed E-state index contributed by atoms with van der Waals surface area (Å²) < 4.78 is 0. The topological polar surface area (TPSA) is 0 Å². The Hall–Kier alpha value is 4.17. The molecule has 0 saturated carbocycles. The minimum absolute atomic E-state index is 0. The van der Waals surface area contributed by atoms with Crippen LogP contribution >= 0.6 is 0 Å². The molecule has 0 spiro atoms. The van der Waals surface area contributed by atoms with E-state index in [0.29, 0.717) is 0 Å². The normalized spacial score (nSPS) is 0. The fourth-order valence-electron chi connectivity index (χ4n) is 0. The number of rotatable bonds is 0. The molecule has 0 amide bonds. The zero-order chi connectivity index (χ0) is 0. The van der Waals surface area contributed by atoms with Crippen molar-refractivity contribution in [3.8, 4) is 0 Å². The molecule has 0 aliphatic heterocycles. The Kier molecular flexibility index (Phi) is 289. The monoisotopic (exact) mass is 412 g/mol. The van der Waals surface area contributed by atoms with Gasteiger partial charge in [-0.25, -0.2) is 0 Å². The van der Waals surface area contributed by atoms with E-state index in [1.807, 2.05) is 0 Å². The molecule has 0 rings (SSSR count). The van der Waals surface area contributed by atoms with E-state index in [1.54, 1.807) is 0 Å². The number of hydrogen-bond acceptors (Lipinski definition) is 0. The van der Waals surface area contributed by atoms with Gasteiger partial charge >= 0.3 is 95.7 Å². The quantitative estimate of drug-likeness (QED) is 0.477. The fourth-order valence-corrected chi connectivity index (χ4v) is 0. The molecule has 0 N–H and O–H groups in total. The van der Waals surface area contributed by atoms with E-state index in [0.717, 1.165) is 0 Å². The van der Waals surface area contributed by atoms with Gasteiger partial charge in [0.1, 0.15) is 0 Å². The summed E-state index contributed by atoms with van der Waals surface area (Å²) in [5.41, 5.74) is 0. The van der Waals surface area contributed by atoms with E-state index in [4.69, 9.17) is 0 Å². The third kappa shape index (κ3) is 24.2. The second-order valence-electron chi connectivity index (χ2n) is 0. The molecule has 6 heteroatoms. The summed E-state index contributed by atoms with van der Waals surface area (Å²) in [6.45, 7) is 0. The molecule has 0 heterocycles. The molecule has 0 aromatic heterocycles. The average Bonchev–Trinajstić information content (AvgIpc) is 0. The maximum atomic E-state index is 0. The van der Waals surface area contributed by atoms with Crippen LogP contribution in [-0.4, -0.2) is 48.9 Å². The maximum absolute atomic E-state index is 0. The molecule has 0 aliphatic carbocycles. The summed E-state index contributed by atoms with van der Waals surface area (Å²) in [7, 11) is 0. The third-order valence-corrected chi connectivity index (χ3v) is 0. The van der Waals surface area contributed by atoms with Crippen molar-refractivity contribution in [2.24, 2.45) is 0 Å². The maximum Gasteiger partial charge on any atom is 2.00 e. The molecule has 0 aromatic rings. The van der Waals surface area contributed by atoms with Crippen LogP contribution in [0.5, 0.6) is 0 Å².